The van der Waals surface area contributed by atoms with Crippen LogP contribution < -0.4 is 10.6 Å². The number of carbonyl (C=O) groups excluding carboxylic acids is 2. The van der Waals surface area contributed by atoms with Gasteiger partial charge in [-0.1, -0.05) is 23.9 Å². The van der Waals surface area contributed by atoms with Gasteiger partial charge >= 0.3 is 0 Å². The van der Waals surface area contributed by atoms with Crippen molar-refractivity contribution in [2.45, 2.75) is 52.1 Å². The molecule has 1 heterocycles. The van der Waals surface area contributed by atoms with Gasteiger partial charge in [0, 0.05) is 18.2 Å². The molecule has 2 N–H and O–H groups in total. The highest BCUT2D eigenvalue weighted by atomic mass is 16.2. The molecule has 0 radical (unpaired) electrons. The Balaban J connectivity index is 1.89. The SMILES string of the molecule is C=CC(=O)Nc1ccc(CCC(=O)NC(C)(C)c2cn(C(C)C)nn2)cc1. The summed E-state index contributed by atoms with van der Waals surface area (Å²) in [5, 5.41) is 14.0. The minimum atomic E-state index is -0.594. The molecule has 0 bridgehead atoms. The molecule has 0 fully saturated rings. The second kappa shape index (κ2) is 8.62. The van der Waals surface area contributed by atoms with Crippen molar-refractivity contribution in [3.63, 3.8) is 0 Å². The summed E-state index contributed by atoms with van der Waals surface area (Å²) in [4.78, 5) is 23.6. The van der Waals surface area contributed by atoms with Gasteiger partial charge in [-0.2, -0.15) is 0 Å². The predicted molar refractivity (Wildman–Crippen MR) is 105 cm³/mol. The molecule has 1 aromatic carbocycles. The fourth-order valence-corrected chi connectivity index (χ4v) is 2.50. The van der Waals surface area contributed by atoms with Gasteiger partial charge < -0.3 is 10.6 Å². The summed E-state index contributed by atoms with van der Waals surface area (Å²) in [6.07, 6.45) is 4.05. The first-order valence-corrected chi connectivity index (χ1v) is 8.97. The molecule has 0 aliphatic rings. The van der Waals surface area contributed by atoms with Crippen molar-refractivity contribution in [1.82, 2.24) is 20.3 Å². The number of carbonyl (C=O) groups is 2. The third-order valence-electron chi connectivity index (χ3n) is 4.18. The number of nitrogens with one attached hydrogen (secondary N) is 2. The van der Waals surface area contributed by atoms with E-state index in [1.54, 1.807) is 4.68 Å². The van der Waals surface area contributed by atoms with Crippen molar-refractivity contribution in [1.29, 1.82) is 0 Å². The number of nitrogens with zero attached hydrogens (tertiary/aromatic N) is 3. The zero-order valence-corrected chi connectivity index (χ0v) is 16.3. The first-order valence-electron chi connectivity index (χ1n) is 8.97. The van der Waals surface area contributed by atoms with Crippen molar-refractivity contribution in [3.8, 4) is 0 Å². The fourth-order valence-electron chi connectivity index (χ4n) is 2.50. The average Bonchev–Trinajstić information content (AvgIpc) is 3.12. The molecule has 0 aliphatic carbocycles. The van der Waals surface area contributed by atoms with Crippen molar-refractivity contribution < 1.29 is 9.59 Å². The van der Waals surface area contributed by atoms with E-state index in [0.29, 0.717) is 18.5 Å². The standard InChI is InChI=1S/C20H27N5O2/c1-6-18(26)21-16-10-7-15(8-11-16)9-12-19(27)22-20(4,5)17-13-25(14(2)3)24-23-17/h6-8,10-11,13-14H,1,9,12H2,2-5H3,(H,21,26)(H,22,27). The predicted octanol–water partition coefficient (Wildman–Crippen LogP) is 2.97. The zero-order valence-electron chi connectivity index (χ0n) is 16.3. The molecule has 0 unspecified atom stereocenters. The lowest BCUT2D eigenvalue weighted by Gasteiger charge is -2.23. The molecule has 27 heavy (non-hydrogen) atoms. The van der Waals surface area contributed by atoms with Gasteiger partial charge in [-0.3, -0.25) is 9.59 Å². The van der Waals surface area contributed by atoms with Crippen LogP contribution in [0.4, 0.5) is 5.69 Å². The van der Waals surface area contributed by atoms with Crippen LogP contribution in [0.25, 0.3) is 0 Å². The number of amides is 2. The number of aryl methyl sites for hydroxylation is 1. The summed E-state index contributed by atoms with van der Waals surface area (Å²) in [7, 11) is 0. The number of benzene rings is 1. The minimum absolute atomic E-state index is 0.0527. The van der Waals surface area contributed by atoms with Crippen LogP contribution in [0.2, 0.25) is 0 Å². The van der Waals surface area contributed by atoms with E-state index in [1.807, 2.05) is 58.2 Å². The van der Waals surface area contributed by atoms with E-state index in [4.69, 9.17) is 0 Å². The summed E-state index contributed by atoms with van der Waals surface area (Å²) in [6, 6.07) is 7.62. The summed E-state index contributed by atoms with van der Waals surface area (Å²) in [5.74, 6) is -0.304. The molecule has 2 amide bonds. The third kappa shape index (κ3) is 5.77. The number of aromatic nitrogens is 3. The monoisotopic (exact) mass is 369 g/mol. The van der Waals surface area contributed by atoms with E-state index < -0.39 is 5.54 Å². The highest BCUT2D eigenvalue weighted by Crippen LogP contribution is 2.19. The number of anilines is 1. The molecule has 2 rings (SSSR count). The second-order valence-corrected chi connectivity index (χ2v) is 7.24. The molecule has 144 valence electrons. The Hall–Kier alpha value is -2.96. The van der Waals surface area contributed by atoms with Gasteiger partial charge in [-0.05, 0) is 57.9 Å². The maximum atomic E-state index is 12.4. The maximum absolute atomic E-state index is 12.4. The van der Waals surface area contributed by atoms with Crippen LogP contribution >= 0.6 is 0 Å². The quantitative estimate of drug-likeness (QED) is 0.700. The molecule has 0 spiro atoms. The average molecular weight is 369 g/mol. The molecule has 7 heteroatoms. The topological polar surface area (TPSA) is 88.9 Å². The number of hydrogen-bond donors (Lipinski definition) is 2. The lowest BCUT2D eigenvalue weighted by atomic mass is 10.0. The number of hydrogen-bond acceptors (Lipinski definition) is 4. The van der Waals surface area contributed by atoms with Gasteiger partial charge in [0.2, 0.25) is 11.8 Å². The summed E-state index contributed by atoms with van der Waals surface area (Å²) >= 11 is 0. The first kappa shape index (κ1) is 20.4. The van der Waals surface area contributed by atoms with Crippen molar-refractivity contribution in [3.05, 3.63) is 54.4 Å². The van der Waals surface area contributed by atoms with Gasteiger partial charge in [0.25, 0.3) is 0 Å². The van der Waals surface area contributed by atoms with Gasteiger partial charge in [0.05, 0.1) is 11.7 Å². The van der Waals surface area contributed by atoms with Crippen LogP contribution in [-0.4, -0.2) is 26.8 Å². The van der Waals surface area contributed by atoms with E-state index in [-0.39, 0.29) is 17.9 Å². The van der Waals surface area contributed by atoms with E-state index in [1.165, 1.54) is 6.08 Å². The van der Waals surface area contributed by atoms with Crippen LogP contribution in [0.15, 0.2) is 43.1 Å². The van der Waals surface area contributed by atoms with Crippen LogP contribution in [0, 0.1) is 0 Å². The van der Waals surface area contributed by atoms with Crippen molar-refractivity contribution in [2.24, 2.45) is 0 Å². The van der Waals surface area contributed by atoms with E-state index in [0.717, 1.165) is 11.3 Å². The van der Waals surface area contributed by atoms with E-state index in [2.05, 4.69) is 27.5 Å². The normalized spacial score (nSPS) is 11.3. The largest absolute Gasteiger partial charge is 0.345 e. The Morgan fingerprint density at radius 2 is 1.93 bits per heavy atom. The molecule has 2 aromatic rings. The lowest BCUT2D eigenvalue weighted by molar-refractivity contribution is -0.122. The van der Waals surface area contributed by atoms with Crippen molar-refractivity contribution >= 4 is 17.5 Å². The van der Waals surface area contributed by atoms with Gasteiger partial charge in [-0.15, -0.1) is 5.10 Å². The third-order valence-corrected chi connectivity index (χ3v) is 4.18. The Morgan fingerprint density at radius 1 is 1.26 bits per heavy atom. The van der Waals surface area contributed by atoms with Crippen LogP contribution in [0.3, 0.4) is 0 Å². The van der Waals surface area contributed by atoms with Crippen LogP contribution in [-0.2, 0) is 21.5 Å². The highest BCUT2D eigenvalue weighted by Gasteiger charge is 2.26. The molecule has 0 atom stereocenters. The summed E-state index contributed by atoms with van der Waals surface area (Å²) in [5.41, 5.74) is 1.85. The van der Waals surface area contributed by atoms with Gasteiger partial charge in [0.1, 0.15) is 5.69 Å². The number of rotatable bonds is 8. The first-order chi connectivity index (χ1) is 12.7. The molecule has 0 aliphatic heterocycles. The van der Waals surface area contributed by atoms with E-state index >= 15 is 0 Å². The van der Waals surface area contributed by atoms with Gasteiger partial charge in [0.15, 0.2) is 0 Å². The molecule has 1 aromatic heterocycles. The second-order valence-electron chi connectivity index (χ2n) is 7.24. The molecule has 0 saturated carbocycles. The van der Waals surface area contributed by atoms with Crippen molar-refractivity contribution in [2.75, 3.05) is 5.32 Å². The Labute approximate surface area is 159 Å². The van der Waals surface area contributed by atoms with Gasteiger partial charge in [-0.25, -0.2) is 4.68 Å². The zero-order chi connectivity index (χ0) is 20.0. The van der Waals surface area contributed by atoms with Crippen LogP contribution in [0.5, 0.6) is 0 Å². The maximum Gasteiger partial charge on any atom is 0.247 e. The lowest BCUT2D eigenvalue weighted by Crippen LogP contribution is -2.41. The summed E-state index contributed by atoms with van der Waals surface area (Å²) in [6.45, 7) is 11.3. The molecular weight excluding hydrogens is 342 g/mol. The smallest absolute Gasteiger partial charge is 0.247 e. The Kier molecular flexibility index (Phi) is 6.50. The fraction of sp³-hybridized carbons (Fsp3) is 0.400. The Bertz CT molecular complexity index is 806. The highest BCUT2D eigenvalue weighted by molar-refractivity contribution is 5.98. The molecule has 7 nitrogen and oxygen atoms in total. The Morgan fingerprint density at radius 3 is 2.48 bits per heavy atom. The van der Waals surface area contributed by atoms with E-state index in [9.17, 15) is 9.59 Å². The molecule has 0 saturated heterocycles. The minimum Gasteiger partial charge on any atom is -0.345 e. The molecular formula is C20H27N5O2. The summed E-state index contributed by atoms with van der Waals surface area (Å²) < 4.78 is 1.77. The van der Waals surface area contributed by atoms with Crippen LogP contribution in [0.1, 0.15) is 51.4 Å².